The van der Waals surface area contributed by atoms with E-state index in [0.717, 1.165) is 6.42 Å². The summed E-state index contributed by atoms with van der Waals surface area (Å²) in [5, 5.41) is 8.93. The summed E-state index contributed by atoms with van der Waals surface area (Å²) in [6.07, 6.45) is 0.826. The van der Waals surface area contributed by atoms with Crippen molar-refractivity contribution >= 4 is 0 Å². The zero-order chi connectivity index (χ0) is 9.68. The Morgan fingerprint density at radius 2 is 1.85 bits per heavy atom. The molecule has 1 aromatic carbocycles. The molecular weight excluding hydrogens is 162 g/mol. The lowest BCUT2D eigenvalue weighted by molar-refractivity contribution is -0.892. The molecule has 0 saturated carbocycles. The minimum Gasteiger partial charge on any atom is -0.396 e. The van der Waals surface area contributed by atoms with E-state index in [2.05, 4.69) is 26.2 Å². The van der Waals surface area contributed by atoms with Gasteiger partial charge >= 0.3 is 0 Å². The number of rotatable bonds is 4. The molecule has 0 bridgehead atoms. The fourth-order valence-electron chi connectivity index (χ4n) is 1.60. The summed E-state index contributed by atoms with van der Waals surface area (Å²) >= 11 is 0. The molecule has 1 aromatic rings. The molecule has 13 heavy (non-hydrogen) atoms. The number of quaternary nitrogens is 1. The van der Waals surface area contributed by atoms with Gasteiger partial charge < -0.3 is 10.0 Å². The highest BCUT2D eigenvalue weighted by Crippen LogP contribution is 2.11. The van der Waals surface area contributed by atoms with Crippen LogP contribution in [0.15, 0.2) is 30.3 Å². The quantitative estimate of drug-likeness (QED) is 0.682. The summed E-state index contributed by atoms with van der Waals surface area (Å²) in [6, 6.07) is 10.8. The van der Waals surface area contributed by atoms with Crippen molar-refractivity contribution in [1.29, 1.82) is 0 Å². The van der Waals surface area contributed by atoms with E-state index in [4.69, 9.17) is 5.11 Å². The maximum absolute atomic E-state index is 8.93. The molecule has 0 aliphatic carbocycles. The molecule has 0 saturated heterocycles. The Morgan fingerprint density at radius 3 is 2.31 bits per heavy atom. The van der Waals surface area contributed by atoms with E-state index in [1.54, 1.807) is 0 Å². The first kappa shape index (κ1) is 10.2. The second kappa shape index (κ2) is 5.00. The standard InChI is InChI=1S/C11H17NO/c1-12(2)11(8-9-13)10-6-4-3-5-7-10/h3-7,11,13H,8-9H2,1-2H3/p+1/t11-/m0/s1. The number of nitrogens with one attached hydrogen (secondary N) is 1. The molecule has 0 aliphatic heterocycles. The number of benzene rings is 1. The van der Waals surface area contributed by atoms with Gasteiger partial charge in [0.15, 0.2) is 0 Å². The van der Waals surface area contributed by atoms with Crippen LogP contribution in [-0.4, -0.2) is 25.8 Å². The fraction of sp³-hybridized carbons (Fsp3) is 0.455. The van der Waals surface area contributed by atoms with Crippen LogP contribution in [0.2, 0.25) is 0 Å². The van der Waals surface area contributed by atoms with Crippen molar-refractivity contribution in [3.63, 3.8) is 0 Å². The molecule has 0 spiro atoms. The second-order valence-electron chi connectivity index (χ2n) is 3.55. The van der Waals surface area contributed by atoms with Crippen molar-refractivity contribution in [2.24, 2.45) is 0 Å². The Bertz CT molecular complexity index is 233. The van der Waals surface area contributed by atoms with Crippen molar-refractivity contribution in [1.82, 2.24) is 0 Å². The zero-order valence-electron chi connectivity index (χ0n) is 8.33. The molecule has 0 amide bonds. The number of aliphatic hydroxyl groups excluding tert-OH is 1. The summed E-state index contributed by atoms with van der Waals surface area (Å²) in [5.74, 6) is 0. The summed E-state index contributed by atoms with van der Waals surface area (Å²) in [4.78, 5) is 1.36. The highest BCUT2D eigenvalue weighted by Gasteiger charge is 2.15. The van der Waals surface area contributed by atoms with Crippen LogP contribution in [0.5, 0.6) is 0 Å². The van der Waals surface area contributed by atoms with Crippen LogP contribution in [0.3, 0.4) is 0 Å². The Balaban J connectivity index is 2.76. The minimum atomic E-state index is 0.255. The Morgan fingerprint density at radius 1 is 1.23 bits per heavy atom. The van der Waals surface area contributed by atoms with E-state index in [1.165, 1.54) is 10.5 Å². The minimum absolute atomic E-state index is 0.255. The molecule has 72 valence electrons. The first-order chi connectivity index (χ1) is 6.25. The molecule has 2 N–H and O–H groups in total. The van der Waals surface area contributed by atoms with Gasteiger partial charge in [-0.05, 0) is 0 Å². The molecule has 0 aliphatic rings. The van der Waals surface area contributed by atoms with E-state index >= 15 is 0 Å². The zero-order valence-corrected chi connectivity index (χ0v) is 8.33. The van der Waals surface area contributed by atoms with E-state index < -0.39 is 0 Å². The molecule has 2 nitrogen and oxygen atoms in total. The molecule has 1 rings (SSSR count). The Labute approximate surface area is 79.8 Å². The lowest BCUT2D eigenvalue weighted by atomic mass is 10.0. The predicted octanol–water partition coefficient (Wildman–Crippen LogP) is 0.255. The maximum Gasteiger partial charge on any atom is 0.115 e. The average molecular weight is 180 g/mol. The summed E-state index contributed by atoms with van der Waals surface area (Å²) < 4.78 is 0. The van der Waals surface area contributed by atoms with Crippen LogP contribution < -0.4 is 4.90 Å². The summed E-state index contributed by atoms with van der Waals surface area (Å²) in [7, 11) is 4.24. The maximum atomic E-state index is 8.93. The van der Waals surface area contributed by atoms with Crippen molar-refractivity contribution in [2.75, 3.05) is 20.7 Å². The normalized spacial score (nSPS) is 13.2. The van der Waals surface area contributed by atoms with Gasteiger partial charge in [0.05, 0.1) is 14.1 Å². The van der Waals surface area contributed by atoms with Gasteiger partial charge in [0, 0.05) is 18.6 Å². The number of hydrogen-bond acceptors (Lipinski definition) is 1. The van der Waals surface area contributed by atoms with Crippen LogP contribution in [0.1, 0.15) is 18.0 Å². The van der Waals surface area contributed by atoms with Crippen LogP contribution >= 0.6 is 0 Å². The topological polar surface area (TPSA) is 24.7 Å². The Hall–Kier alpha value is -0.860. The highest BCUT2D eigenvalue weighted by atomic mass is 16.3. The second-order valence-corrected chi connectivity index (χ2v) is 3.55. The third kappa shape index (κ3) is 2.83. The first-order valence-electron chi connectivity index (χ1n) is 4.71. The van der Waals surface area contributed by atoms with E-state index in [0.29, 0.717) is 6.04 Å². The molecule has 0 heterocycles. The van der Waals surface area contributed by atoms with Crippen molar-refractivity contribution in [3.8, 4) is 0 Å². The van der Waals surface area contributed by atoms with Gasteiger partial charge in [-0.3, -0.25) is 0 Å². The SMILES string of the molecule is C[NH+](C)[C@@H](CCO)c1ccccc1. The monoisotopic (exact) mass is 180 g/mol. The van der Waals surface area contributed by atoms with Crippen LogP contribution in [0.4, 0.5) is 0 Å². The van der Waals surface area contributed by atoms with Gasteiger partial charge in [0.25, 0.3) is 0 Å². The molecule has 1 atom stereocenters. The lowest BCUT2D eigenvalue weighted by Gasteiger charge is -2.20. The van der Waals surface area contributed by atoms with Crippen molar-refractivity contribution in [2.45, 2.75) is 12.5 Å². The number of hydrogen-bond donors (Lipinski definition) is 2. The first-order valence-corrected chi connectivity index (χ1v) is 4.71. The average Bonchev–Trinajstić information content (AvgIpc) is 2.15. The lowest BCUT2D eigenvalue weighted by Crippen LogP contribution is -3.06. The molecule has 0 radical (unpaired) electrons. The van der Waals surface area contributed by atoms with Crippen LogP contribution in [0.25, 0.3) is 0 Å². The Kier molecular flexibility index (Phi) is 3.93. The van der Waals surface area contributed by atoms with Gasteiger partial charge in [0.1, 0.15) is 6.04 Å². The van der Waals surface area contributed by atoms with Crippen molar-refractivity contribution < 1.29 is 10.0 Å². The largest absolute Gasteiger partial charge is 0.396 e. The van der Waals surface area contributed by atoms with Gasteiger partial charge in [0.2, 0.25) is 0 Å². The van der Waals surface area contributed by atoms with Gasteiger partial charge in [-0.15, -0.1) is 0 Å². The van der Waals surface area contributed by atoms with E-state index in [1.807, 2.05) is 18.2 Å². The molecule has 0 aromatic heterocycles. The van der Waals surface area contributed by atoms with Crippen molar-refractivity contribution in [3.05, 3.63) is 35.9 Å². The third-order valence-corrected chi connectivity index (χ3v) is 2.32. The smallest absolute Gasteiger partial charge is 0.115 e. The third-order valence-electron chi connectivity index (χ3n) is 2.32. The van der Waals surface area contributed by atoms with Gasteiger partial charge in [-0.1, -0.05) is 30.3 Å². The van der Waals surface area contributed by atoms with Gasteiger partial charge in [-0.2, -0.15) is 0 Å². The highest BCUT2D eigenvalue weighted by molar-refractivity contribution is 5.16. The van der Waals surface area contributed by atoms with E-state index in [-0.39, 0.29) is 6.61 Å². The predicted molar refractivity (Wildman–Crippen MR) is 53.7 cm³/mol. The number of aliphatic hydroxyl groups is 1. The summed E-state index contributed by atoms with van der Waals surface area (Å²) in [5.41, 5.74) is 1.30. The molecule has 0 unspecified atom stereocenters. The van der Waals surface area contributed by atoms with Crippen LogP contribution in [-0.2, 0) is 0 Å². The van der Waals surface area contributed by atoms with Gasteiger partial charge in [-0.25, -0.2) is 0 Å². The molecular formula is C11H18NO+. The van der Waals surface area contributed by atoms with Crippen LogP contribution in [0, 0.1) is 0 Å². The molecule has 2 heteroatoms. The molecule has 0 fully saturated rings. The van der Waals surface area contributed by atoms with E-state index in [9.17, 15) is 0 Å². The fourth-order valence-corrected chi connectivity index (χ4v) is 1.60. The summed E-state index contributed by atoms with van der Waals surface area (Å²) in [6.45, 7) is 0.255.